The lowest BCUT2D eigenvalue weighted by atomic mass is 10.1. The van der Waals surface area contributed by atoms with Crippen molar-refractivity contribution in [2.45, 2.75) is 25.3 Å². The molecule has 0 saturated heterocycles. The molecule has 0 atom stereocenters. The van der Waals surface area contributed by atoms with Gasteiger partial charge in [0.25, 0.3) is 0 Å². The number of amidine groups is 1. The van der Waals surface area contributed by atoms with E-state index >= 15 is 0 Å². The monoisotopic (exact) mass is 275 g/mol. The van der Waals surface area contributed by atoms with Crippen molar-refractivity contribution in [3.63, 3.8) is 0 Å². The topological polar surface area (TPSA) is 91.3 Å². The maximum Gasteiger partial charge on any atom is 0.373 e. The van der Waals surface area contributed by atoms with Gasteiger partial charge in [-0.2, -0.15) is 0 Å². The Labute approximate surface area is 117 Å². The minimum Gasteiger partial charge on any atom is -0.460 e. The summed E-state index contributed by atoms with van der Waals surface area (Å²) in [7, 11) is 0. The maximum absolute atomic E-state index is 11.8. The smallest absolute Gasteiger partial charge is 0.373 e. The Balaban J connectivity index is 1.92. The highest BCUT2D eigenvalue weighted by Crippen LogP contribution is 2.45. The number of nitrogens with one attached hydrogen (secondary N) is 3. The molecule has 0 spiro atoms. The highest BCUT2D eigenvalue weighted by Gasteiger charge is 2.45. The summed E-state index contributed by atoms with van der Waals surface area (Å²) >= 11 is 0. The van der Waals surface area contributed by atoms with Crippen LogP contribution in [0.5, 0.6) is 0 Å². The third-order valence-corrected chi connectivity index (χ3v) is 3.15. The highest BCUT2D eigenvalue weighted by atomic mass is 16.5. The molecule has 0 unspecified atom stereocenters. The first kappa shape index (κ1) is 14.0. The summed E-state index contributed by atoms with van der Waals surface area (Å²) in [5, 5.41) is 12.4. The number of esters is 1. The van der Waals surface area contributed by atoms with Crippen molar-refractivity contribution in [1.82, 2.24) is 10.6 Å². The first-order chi connectivity index (χ1) is 9.57. The molecule has 20 heavy (non-hydrogen) atoms. The lowest BCUT2D eigenvalue weighted by Gasteiger charge is -2.18. The van der Waals surface area contributed by atoms with Crippen LogP contribution in [0, 0.1) is 5.41 Å². The molecule has 0 bridgehead atoms. The fraction of sp³-hybridized carbons (Fsp3) is 0.357. The van der Waals surface area contributed by atoms with Gasteiger partial charge in [0.15, 0.2) is 0 Å². The third-order valence-electron chi connectivity index (χ3n) is 3.15. The molecule has 0 aliphatic heterocycles. The first-order valence-electron chi connectivity index (χ1n) is 6.48. The van der Waals surface area contributed by atoms with Gasteiger partial charge in [0.1, 0.15) is 0 Å². The normalized spacial score (nSPS) is 15.1. The predicted octanol–water partition coefficient (Wildman–Crippen LogP) is 1.52. The molecule has 6 heteroatoms. The number of ether oxygens (including phenoxy) is 1. The van der Waals surface area contributed by atoms with Crippen LogP contribution in [0.15, 0.2) is 30.3 Å². The Morgan fingerprint density at radius 3 is 2.50 bits per heavy atom. The second-order valence-corrected chi connectivity index (χ2v) is 4.62. The quantitative estimate of drug-likeness (QED) is 0.443. The standard InChI is InChI=1S/C14H17N3O3/c1-2-20-12(18)11(15)16-13(19)17-14(8-9-14)10-6-4-3-5-7-10/h3-7H,2,8-9H2,1H3,(H3,15,16,17,19). The number of rotatable bonds is 3. The van der Waals surface area contributed by atoms with Crippen LogP contribution in [0.3, 0.4) is 0 Å². The summed E-state index contributed by atoms with van der Waals surface area (Å²) < 4.78 is 4.63. The zero-order chi connectivity index (χ0) is 14.6. The molecular formula is C14H17N3O3. The Bertz CT molecular complexity index is 524. The van der Waals surface area contributed by atoms with Gasteiger partial charge < -0.3 is 10.1 Å². The molecule has 106 valence electrons. The van der Waals surface area contributed by atoms with Crippen molar-refractivity contribution in [2.24, 2.45) is 0 Å². The van der Waals surface area contributed by atoms with Gasteiger partial charge in [-0.3, -0.25) is 10.7 Å². The molecular weight excluding hydrogens is 258 g/mol. The molecule has 1 saturated carbocycles. The summed E-state index contributed by atoms with van der Waals surface area (Å²) in [4.78, 5) is 23.1. The summed E-state index contributed by atoms with van der Waals surface area (Å²) in [5.41, 5.74) is 0.651. The van der Waals surface area contributed by atoms with Gasteiger partial charge >= 0.3 is 12.0 Å². The maximum atomic E-state index is 11.8. The second kappa shape index (κ2) is 5.73. The van der Waals surface area contributed by atoms with E-state index < -0.39 is 17.8 Å². The van der Waals surface area contributed by atoms with Gasteiger partial charge in [0.2, 0.25) is 5.84 Å². The molecule has 1 aliphatic carbocycles. The molecule has 2 amide bonds. The van der Waals surface area contributed by atoms with Crippen LogP contribution < -0.4 is 10.6 Å². The predicted molar refractivity (Wildman–Crippen MR) is 73.4 cm³/mol. The van der Waals surface area contributed by atoms with E-state index in [9.17, 15) is 9.59 Å². The van der Waals surface area contributed by atoms with Crippen molar-refractivity contribution in [3.8, 4) is 0 Å². The van der Waals surface area contributed by atoms with E-state index in [4.69, 9.17) is 5.41 Å². The molecule has 1 aromatic carbocycles. The largest absolute Gasteiger partial charge is 0.460 e. The van der Waals surface area contributed by atoms with E-state index in [1.807, 2.05) is 30.3 Å². The number of benzene rings is 1. The number of carbonyl (C=O) groups is 2. The molecule has 0 radical (unpaired) electrons. The summed E-state index contributed by atoms with van der Waals surface area (Å²) in [6.45, 7) is 1.80. The molecule has 6 nitrogen and oxygen atoms in total. The van der Waals surface area contributed by atoms with Gasteiger partial charge in [-0.1, -0.05) is 30.3 Å². The van der Waals surface area contributed by atoms with E-state index in [-0.39, 0.29) is 12.1 Å². The lowest BCUT2D eigenvalue weighted by molar-refractivity contribution is -0.135. The highest BCUT2D eigenvalue weighted by molar-refractivity contribution is 6.36. The molecule has 3 N–H and O–H groups in total. The summed E-state index contributed by atoms with van der Waals surface area (Å²) in [5.74, 6) is -1.40. The average molecular weight is 275 g/mol. The number of urea groups is 1. The molecule has 1 aliphatic rings. The number of amides is 2. The Morgan fingerprint density at radius 1 is 1.30 bits per heavy atom. The minimum atomic E-state index is -0.841. The van der Waals surface area contributed by atoms with E-state index in [0.29, 0.717) is 0 Å². The van der Waals surface area contributed by atoms with Crippen LogP contribution in [-0.2, 0) is 15.1 Å². The van der Waals surface area contributed by atoms with Crippen molar-refractivity contribution in [3.05, 3.63) is 35.9 Å². The fourth-order valence-corrected chi connectivity index (χ4v) is 1.98. The lowest BCUT2D eigenvalue weighted by Crippen LogP contribution is -2.46. The number of carbonyl (C=O) groups excluding carboxylic acids is 2. The molecule has 1 aromatic rings. The van der Waals surface area contributed by atoms with Crippen LogP contribution in [0.25, 0.3) is 0 Å². The second-order valence-electron chi connectivity index (χ2n) is 4.62. The van der Waals surface area contributed by atoms with E-state index in [2.05, 4.69) is 15.4 Å². The summed E-state index contributed by atoms with van der Waals surface area (Å²) in [6.07, 6.45) is 1.69. The Hall–Kier alpha value is -2.37. The van der Waals surface area contributed by atoms with Gasteiger partial charge in [0, 0.05) is 0 Å². The zero-order valence-corrected chi connectivity index (χ0v) is 11.2. The van der Waals surface area contributed by atoms with Crippen LogP contribution in [0.1, 0.15) is 25.3 Å². The fourth-order valence-electron chi connectivity index (χ4n) is 1.98. The molecule has 2 rings (SSSR count). The van der Waals surface area contributed by atoms with Crippen LogP contribution in [0.4, 0.5) is 4.79 Å². The first-order valence-corrected chi connectivity index (χ1v) is 6.48. The SMILES string of the molecule is CCOC(=O)C(=N)NC(=O)NC1(c2ccccc2)CC1. The van der Waals surface area contributed by atoms with E-state index in [1.165, 1.54) is 0 Å². The van der Waals surface area contributed by atoms with Crippen molar-refractivity contribution in [2.75, 3.05) is 6.61 Å². The van der Waals surface area contributed by atoms with Crippen LogP contribution in [0.2, 0.25) is 0 Å². The van der Waals surface area contributed by atoms with Crippen molar-refractivity contribution >= 4 is 17.8 Å². The molecule has 1 fully saturated rings. The average Bonchev–Trinajstić information content (AvgIpc) is 3.20. The Kier molecular flexibility index (Phi) is 4.02. The number of hydrogen-bond donors (Lipinski definition) is 3. The van der Waals surface area contributed by atoms with Gasteiger partial charge in [-0.25, -0.2) is 9.59 Å². The summed E-state index contributed by atoms with van der Waals surface area (Å²) in [6, 6.07) is 9.07. The Morgan fingerprint density at radius 2 is 1.95 bits per heavy atom. The van der Waals surface area contributed by atoms with E-state index in [1.54, 1.807) is 6.92 Å². The van der Waals surface area contributed by atoms with Crippen molar-refractivity contribution < 1.29 is 14.3 Å². The van der Waals surface area contributed by atoms with Gasteiger partial charge in [0.05, 0.1) is 12.1 Å². The molecule has 0 heterocycles. The third kappa shape index (κ3) is 3.14. The van der Waals surface area contributed by atoms with Crippen molar-refractivity contribution in [1.29, 1.82) is 5.41 Å². The van der Waals surface area contributed by atoms with Gasteiger partial charge in [-0.15, -0.1) is 0 Å². The van der Waals surface area contributed by atoms with Gasteiger partial charge in [-0.05, 0) is 25.3 Å². The molecule has 0 aromatic heterocycles. The van der Waals surface area contributed by atoms with Crippen LogP contribution >= 0.6 is 0 Å². The zero-order valence-electron chi connectivity index (χ0n) is 11.2. The van der Waals surface area contributed by atoms with Crippen LogP contribution in [-0.4, -0.2) is 24.4 Å². The van der Waals surface area contributed by atoms with E-state index in [0.717, 1.165) is 18.4 Å². The number of hydrogen-bond acceptors (Lipinski definition) is 4. The minimum absolute atomic E-state index is 0.165.